The Hall–Kier alpha value is -3.72. The van der Waals surface area contributed by atoms with Crippen molar-refractivity contribution >= 4 is 17.6 Å². The highest BCUT2D eigenvalue weighted by Gasteiger charge is 2.18. The molecule has 3 rings (SSSR count). The van der Waals surface area contributed by atoms with E-state index in [0.29, 0.717) is 17.0 Å². The SMILES string of the molecule is COC(=O)c1ccccc1NC(=O)c1cn(CC(O)c2ccccc2OC)nn1. The summed E-state index contributed by atoms with van der Waals surface area (Å²) in [6.07, 6.45) is 0.512. The number of aromatic nitrogens is 3. The highest BCUT2D eigenvalue weighted by atomic mass is 16.5. The Morgan fingerprint density at radius 3 is 2.62 bits per heavy atom. The number of amides is 1. The first-order chi connectivity index (χ1) is 14.0. The van der Waals surface area contributed by atoms with Crippen molar-refractivity contribution in [3.8, 4) is 5.75 Å². The van der Waals surface area contributed by atoms with Gasteiger partial charge >= 0.3 is 5.97 Å². The number of nitrogens with zero attached hydrogens (tertiary/aromatic N) is 3. The van der Waals surface area contributed by atoms with Gasteiger partial charge in [0.15, 0.2) is 5.69 Å². The first kappa shape index (κ1) is 20.0. The third-order valence-electron chi connectivity index (χ3n) is 4.21. The summed E-state index contributed by atoms with van der Waals surface area (Å²) in [6.45, 7) is 0.0827. The van der Waals surface area contributed by atoms with Crippen LogP contribution < -0.4 is 10.1 Å². The van der Waals surface area contributed by atoms with E-state index in [9.17, 15) is 14.7 Å². The van der Waals surface area contributed by atoms with E-state index in [1.54, 1.807) is 48.5 Å². The summed E-state index contributed by atoms with van der Waals surface area (Å²) in [5, 5.41) is 20.8. The Morgan fingerprint density at radius 2 is 1.86 bits per heavy atom. The molecule has 150 valence electrons. The van der Waals surface area contributed by atoms with Crippen LogP contribution in [0.15, 0.2) is 54.7 Å². The van der Waals surface area contributed by atoms with E-state index in [4.69, 9.17) is 9.47 Å². The fourth-order valence-electron chi connectivity index (χ4n) is 2.78. The van der Waals surface area contributed by atoms with E-state index >= 15 is 0 Å². The van der Waals surface area contributed by atoms with Gasteiger partial charge in [-0.2, -0.15) is 0 Å². The fourth-order valence-corrected chi connectivity index (χ4v) is 2.78. The van der Waals surface area contributed by atoms with Gasteiger partial charge in [0, 0.05) is 5.56 Å². The Balaban J connectivity index is 1.72. The van der Waals surface area contributed by atoms with Crippen molar-refractivity contribution in [1.82, 2.24) is 15.0 Å². The fraction of sp³-hybridized carbons (Fsp3) is 0.200. The minimum atomic E-state index is -0.899. The molecule has 0 aliphatic carbocycles. The number of hydrogen-bond donors (Lipinski definition) is 2. The average Bonchev–Trinajstić information content (AvgIpc) is 3.22. The predicted molar refractivity (Wildman–Crippen MR) is 104 cm³/mol. The maximum atomic E-state index is 12.5. The van der Waals surface area contributed by atoms with Gasteiger partial charge in [-0.3, -0.25) is 4.79 Å². The van der Waals surface area contributed by atoms with Crippen LogP contribution in [0.25, 0.3) is 0 Å². The normalized spacial score (nSPS) is 11.6. The second-order valence-corrected chi connectivity index (χ2v) is 6.07. The molecule has 0 saturated carbocycles. The molecule has 0 fully saturated rings. The maximum Gasteiger partial charge on any atom is 0.339 e. The summed E-state index contributed by atoms with van der Waals surface area (Å²) in [7, 11) is 2.79. The van der Waals surface area contributed by atoms with Crippen molar-refractivity contribution in [1.29, 1.82) is 0 Å². The van der Waals surface area contributed by atoms with Crippen LogP contribution in [0, 0.1) is 0 Å². The van der Waals surface area contributed by atoms with E-state index in [1.165, 1.54) is 25.1 Å². The largest absolute Gasteiger partial charge is 0.496 e. The van der Waals surface area contributed by atoms with Crippen molar-refractivity contribution in [3.05, 3.63) is 71.5 Å². The molecule has 1 amide bonds. The number of carbonyl (C=O) groups excluding carboxylic acids is 2. The van der Waals surface area contributed by atoms with Crippen LogP contribution in [-0.2, 0) is 11.3 Å². The molecule has 3 aromatic rings. The third-order valence-corrected chi connectivity index (χ3v) is 4.21. The minimum absolute atomic E-state index is 0.0388. The lowest BCUT2D eigenvalue weighted by atomic mass is 10.1. The standard InChI is InChI=1S/C20H20N4O5/c1-28-18-10-6-4-8-14(18)17(25)12-24-11-16(22-23-24)19(26)21-15-9-5-3-7-13(15)20(27)29-2/h3-11,17,25H,12H2,1-2H3,(H,21,26). The number of methoxy groups -OCH3 is 2. The number of benzene rings is 2. The molecule has 0 bridgehead atoms. The molecule has 9 nitrogen and oxygen atoms in total. The Kier molecular flexibility index (Phi) is 6.20. The van der Waals surface area contributed by atoms with Crippen molar-refractivity contribution < 1.29 is 24.2 Å². The van der Waals surface area contributed by atoms with Crippen LogP contribution in [0.3, 0.4) is 0 Å². The summed E-state index contributed by atoms with van der Waals surface area (Å²) in [5.74, 6) is -0.554. The van der Waals surface area contributed by atoms with Crippen LogP contribution in [0.4, 0.5) is 5.69 Å². The van der Waals surface area contributed by atoms with Gasteiger partial charge in [-0.1, -0.05) is 35.5 Å². The molecular formula is C20H20N4O5. The van der Waals surface area contributed by atoms with Crippen molar-refractivity contribution in [2.45, 2.75) is 12.6 Å². The number of anilines is 1. The smallest absolute Gasteiger partial charge is 0.339 e. The first-order valence-corrected chi connectivity index (χ1v) is 8.73. The summed E-state index contributed by atoms with van der Waals surface area (Å²) >= 11 is 0. The van der Waals surface area contributed by atoms with E-state index in [1.807, 2.05) is 0 Å². The van der Waals surface area contributed by atoms with Crippen LogP contribution in [0.5, 0.6) is 5.75 Å². The molecule has 0 aliphatic heterocycles. The van der Waals surface area contributed by atoms with Crippen LogP contribution >= 0.6 is 0 Å². The number of carbonyl (C=O) groups is 2. The molecule has 1 unspecified atom stereocenters. The number of nitrogens with one attached hydrogen (secondary N) is 1. The van der Waals surface area contributed by atoms with Crippen molar-refractivity contribution in [2.24, 2.45) is 0 Å². The average molecular weight is 396 g/mol. The molecule has 2 N–H and O–H groups in total. The number of hydrogen-bond acceptors (Lipinski definition) is 7. The predicted octanol–water partition coefficient (Wildman–Crippen LogP) is 2.06. The van der Waals surface area contributed by atoms with Crippen molar-refractivity contribution in [3.63, 3.8) is 0 Å². The third kappa shape index (κ3) is 4.58. The molecule has 1 heterocycles. The highest BCUT2D eigenvalue weighted by Crippen LogP contribution is 2.25. The summed E-state index contributed by atoms with van der Waals surface area (Å²) in [6, 6.07) is 13.6. The summed E-state index contributed by atoms with van der Waals surface area (Å²) < 4.78 is 11.3. The first-order valence-electron chi connectivity index (χ1n) is 8.73. The van der Waals surface area contributed by atoms with Gasteiger partial charge < -0.3 is 19.9 Å². The van der Waals surface area contributed by atoms with E-state index in [-0.39, 0.29) is 17.8 Å². The van der Waals surface area contributed by atoms with Gasteiger partial charge in [-0.25, -0.2) is 9.48 Å². The molecule has 0 spiro atoms. The van der Waals surface area contributed by atoms with Crippen LogP contribution in [0.2, 0.25) is 0 Å². The molecule has 1 atom stereocenters. The van der Waals surface area contributed by atoms with Gasteiger partial charge in [0.1, 0.15) is 11.9 Å². The molecule has 0 radical (unpaired) electrons. The molecule has 0 saturated heterocycles. The Labute approximate surface area is 166 Å². The van der Waals surface area contributed by atoms with Gasteiger partial charge in [-0.05, 0) is 18.2 Å². The lowest BCUT2D eigenvalue weighted by molar-refractivity contribution is 0.0602. The number of ether oxygens (including phenoxy) is 2. The number of aliphatic hydroxyl groups excluding tert-OH is 1. The Bertz CT molecular complexity index is 1020. The molecule has 29 heavy (non-hydrogen) atoms. The van der Waals surface area contributed by atoms with E-state index in [0.717, 1.165) is 0 Å². The molecule has 9 heteroatoms. The number of rotatable bonds is 7. The lowest BCUT2D eigenvalue weighted by Gasteiger charge is -2.14. The zero-order valence-electron chi connectivity index (χ0n) is 15.9. The van der Waals surface area contributed by atoms with E-state index < -0.39 is 18.0 Å². The van der Waals surface area contributed by atoms with E-state index in [2.05, 4.69) is 15.6 Å². The quantitative estimate of drug-likeness (QED) is 0.587. The van der Waals surface area contributed by atoms with Gasteiger partial charge in [0.25, 0.3) is 5.91 Å². The molecule has 2 aromatic carbocycles. The van der Waals surface area contributed by atoms with Crippen LogP contribution in [0.1, 0.15) is 32.5 Å². The molecule has 1 aromatic heterocycles. The molecular weight excluding hydrogens is 376 g/mol. The van der Waals surface area contributed by atoms with Gasteiger partial charge in [0.2, 0.25) is 0 Å². The molecule has 0 aliphatic rings. The summed E-state index contributed by atoms with van der Waals surface area (Å²) in [5.41, 5.74) is 1.16. The maximum absolute atomic E-state index is 12.5. The second-order valence-electron chi connectivity index (χ2n) is 6.07. The number of aliphatic hydroxyl groups is 1. The number of para-hydroxylation sites is 2. The van der Waals surface area contributed by atoms with Gasteiger partial charge in [0.05, 0.1) is 38.2 Å². The summed E-state index contributed by atoms with van der Waals surface area (Å²) in [4.78, 5) is 24.3. The van der Waals surface area contributed by atoms with Gasteiger partial charge in [-0.15, -0.1) is 5.10 Å². The Morgan fingerprint density at radius 1 is 1.14 bits per heavy atom. The zero-order chi connectivity index (χ0) is 20.8. The number of esters is 1. The monoisotopic (exact) mass is 396 g/mol. The highest BCUT2D eigenvalue weighted by molar-refractivity contribution is 6.06. The van der Waals surface area contributed by atoms with Crippen molar-refractivity contribution in [2.75, 3.05) is 19.5 Å². The second kappa shape index (κ2) is 8.98. The lowest BCUT2D eigenvalue weighted by Crippen LogP contribution is -2.16. The zero-order valence-corrected chi connectivity index (χ0v) is 15.9. The minimum Gasteiger partial charge on any atom is -0.496 e. The van der Waals surface area contributed by atoms with Crippen LogP contribution in [-0.4, -0.2) is 46.2 Å². The topological polar surface area (TPSA) is 116 Å².